The summed E-state index contributed by atoms with van der Waals surface area (Å²) in [5, 5.41) is 8.39. The molecule has 0 saturated heterocycles. The fraction of sp³-hybridized carbons (Fsp3) is 0.800. The number of unbranched alkanes of at least 4 members (excludes halogenated alkanes) is 1. The molecule has 0 saturated carbocycles. The average Bonchev–Trinajstić information content (AvgIpc) is 2.03. The molecule has 0 aliphatic carbocycles. The van der Waals surface area contributed by atoms with Crippen LogP contribution in [0.5, 0.6) is 0 Å². The molecule has 0 aliphatic heterocycles. The van der Waals surface area contributed by atoms with Crippen molar-refractivity contribution in [3.05, 3.63) is 0 Å². The van der Waals surface area contributed by atoms with Crippen molar-refractivity contribution in [1.82, 2.24) is 0 Å². The van der Waals surface area contributed by atoms with Crippen molar-refractivity contribution in [3.63, 3.8) is 0 Å². The molecule has 14 heavy (non-hydrogen) atoms. The van der Waals surface area contributed by atoms with Crippen LogP contribution in [0.15, 0.2) is 0 Å². The monoisotopic (exact) mass is 213 g/mol. The van der Waals surface area contributed by atoms with E-state index in [0.29, 0.717) is 12.8 Å². The highest BCUT2D eigenvalue weighted by atomic mass is 28.4. The third-order valence-electron chi connectivity index (χ3n) is 1.91. The Morgan fingerprint density at radius 2 is 2.14 bits per heavy atom. The molecule has 0 amide bonds. The summed E-state index contributed by atoms with van der Waals surface area (Å²) in [4.78, 5) is 11.2. The van der Waals surface area contributed by atoms with Crippen molar-refractivity contribution in [3.8, 4) is 6.07 Å². The molecule has 0 fully saturated rings. The second-order valence-corrected chi connectivity index (χ2v) is 8.22. The van der Waals surface area contributed by atoms with Gasteiger partial charge in [-0.25, -0.2) is 0 Å². The number of nitriles is 1. The molecule has 3 nitrogen and oxygen atoms in total. The normalized spacial score (nSPS) is 10.7. The smallest absolute Gasteiger partial charge is 0.292 e. The zero-order valence-corrected chi connectivity index (χ0v) is 10.3. The predicted molar refractivity (Wildman–Crippen MR) is 58.1 cm³/mol. The van der Waals surface area contributed by atoms with Crippen LogP contribution in [0, 0.1) is 11.3 Å². The number of hydrogen-bond acceptors (Lipinski definition) is 3. The van der Waals surface area contributed by atoms with E-state index in [2.05, 4.69) is 6.07 Å². The van der Waals surface area contributed by atoms with Gasteiger partial charge in [0.25, 0.3) is 5.97 Å². The van der Waals surface area contributed by atoms with Gasteiger partial charge in [-0.05, 0) is 32.0 Å². The predicted octanol–water partition coefficient (Wildman–Crippen LogP) is 2.84. The summed E-state index contributed by atoms with van der Waals surface area (Å²) in [5.74, 6) is -0.0823. The van der Waals surface area contributed by atoms with Gasteiger partial charge in [0.15, 0.2) is 0 Å². The Balaban J connectivity index is 3.82. The van der Waals surface area contributed by atoms with Gasteiger partial charge in [-0.15, -0.1) is 0 Å². The van der Waals surface area contributed by atoms with E-state index in [1.165, 1.54) is 0 Å². The summed E-state index contributed by atoms with van der Waals surface area (Å²) < 4.78 is 5.42. The van der Waals surface area contributed by atoms with Crippen molar-refractivity contribution in [2.75, 3.05) is 0 Å². The summed E-state index contributed by atoms with van der Waals surface area (Å²) in [6.07, 6.45) is 2.74. The molecule has 0 radical (unpaired) electrons. The third kappa shape index (κ3) is 6.67. The van der Waals surface area contributed by atoms with Gasteiger partial charge in [0, 0.05) is 12.8 Å². The maximum absolute atomic E-state index is 11.2. The summed E-state index contributed by atoms with van der Waals surface area (Å²) >= 11 is 0. The second kappa shape index (κ2) is 6.60. The molecule has 80 valence electrons. The van der Waals surface area contributed by atoms with E-state index in [-0.39, 0.29) is 5.97 Å². The van der Waals surface area contributed by atoms with E-state index < -0.39 is 8.32 Å². The topological polar surface area (TPSA) is 50.1 Å². The van der Waals surface area contributed by atoms with E-state index in [1.54, 1.807) is 0 Å². The van der Waals surface area contributed by atoms with Gasteiger partial charge in [0.05, 0.1) is 6.07 Å². The SMILES string of the molecule is CCCC(=O)O[Si](C)(C)CCCC#N. The third-order valence-corrected chi connectivity index (χ3v) is 4.25. The first kappa shape index (κ1) is 13.2. The molecule has 0 bridgehead atoms. The van der Waals surface area contributed by atoms with Gasteiger partial charge >= 0.3 is 0 Å². The minimum absolute atomic E-state index is 0.0823. The Morgan fingerprint density at radius 3 is 2.64 bits per heavy atom. The summed E-state index contributed by atoms with van der Waals surface area (Å²) in [6.45, 7) is 6.02. The molecule has 0 aromatic rings. The number of carbonyl (C=O) groups excluding carboxylic acids is 1. The lowest BCUT2D eigenvalue weighted by Crippen LogP contribution is -2.33. The lowest BCUT2D eigenvalue weighted by Gasteiger charge is -2.22. The molecule has 0 rings (SSSR count). The maximum Gasteiger partial charge on any atom is 0.292 e. The van der Waals surface area contributed by atoms with Crippen LogP contribution in [0.1, 0.15) is 32.6 Å². The Hall–Kier alpha value is -0.823. The van der Waals surface area contributed by atoms with Crippen LogP contribution in [0.2, 0.25) is 19.1 Å². The van der Waals surface area contributed by atoms with Gasteiger partial charge in [0.2, 0.25) is 8.32 Å². The standard InChI is InChI=1S/C10H19NO2Si/c1-4-7-10(12)13-14(2,3)9-6-5-8-11/h4-7,9H2,1-3H3. The molecule has 0 aromatic carbocycles. The Kier molecular flexibility index (Phi) is 6.22. The molecule has 0 unspecified atom stereocenters. The fourth-order valence-electron chi connectivity index (χ4n) is 1.21. The van der Waals surface area contributed by atoms with Crippen LogP contribution in [0.4, 0.5) is 0 Å². The molecule has 0 atom stereocenters. The van der Waals surface area contributed by atoms with Crippen molar-refractivity contribution >= 4 is 14.3 Å². The molecule has 0 heterocycles. The lowest BCUT2D eigenvalue weighted by atomic mass is 10.4. The molecule has 0 N–H and O–H groups in total. The van der Waals surface area contributed by atoms with E-state index in [0.717, 1.165) is 18.9 Å². The van der Waals surface area contributed by atoms with E-state index in [4.69, 9.17) is 9.69 Å². The number of nitrogens with zero attached hydrogens (tertiary/aromatic N) is 1. The zero-order valence-electron chi connectivity index (χ0n) is 9.30. The Morgan fingerprint density at radius 1 is 1.50 bits per heavy atom. The molecule has 0 aromatic heterocycles. The van der Waals surface area contributed by atoms with Gasteiger partial charge in [0.1, 0.15) is 0 Å². The summed E-state index contributed by atoms with van der Waals surface area (Å²) in [6, 6.07) is 2.99. The highest BCUT2D eigenvalue weighted by Gasteiger charge is 2.25. The minimum Gasteiger partial charge on any atom is -0.520 e. The number of rotatable bonds is 6. The Labute approximate surface area is 87.2 Å². The highest BCUT2D eigenvalue weighted by molar-refractivity contribution is 6.72. The van der Waals surface area contributed by atoms with Crippen LogP contribution >= 0.6 is 0 Å². The number of carbonyl (C=O) groups is 1. The first-order valence-corrected chi connectivity index (χ1v) is 8.22. The van der Waals surface area contributed by atoms with Crippen LogP contribution in [-0.2, 0) is 9.22 Å². The molecular weight excluding hydrogens is 194 g/mol. The maximum atomic E-state index is 11.2. The minimum atomic E-state index is -1.84. The zero-order chi connectivity index (χ0) is 11.0. The van der Waals surface area contributed by atoms with Crippen molar-refractivity contribution in [2.24, 2.45) is 0 Å². The Bertz CT molecular complexity index is 221. The van der Waals surface area contributed by atoms with Crippen molar-refractivity contribution in [1.29, 1.82) is 5.26 Å². The van der Waals surface area contributed by atoms with Gasteiger partial charge < -0.3 is 4.43 Å². The van der Waals surface area contributed by atoms with E-state index in [1.807, 2.05) is 20.0 Å². The summed E-state index contributed by atoms with van der Waals surface area (Å²) in [5.41, 5.74) is 0. The molecule has 0 aliphatic rings. The second-order valence-electron chi connectivity index (χ2n) is 4.00. The van der Waals surface area contributed by atoms with Gasteiger partial charge in [-0.1, -0.05) is 6.92 Å². The highest BCUT2D eigenvalue weighted by Crippen LogP contribution is 2.16. The first-order chi connectivity index (χ1) is 6.52. The molecule has 4 heteroatoms. The first-order valence-electron chi connectivity index (χ1n) is 5.10. The quantitative estimate of drug-likeness (QED) is 0.503. The largest absolute Gasteiger partial charge is 0.520 e. The van der Waals surface area contributed by atoms with Crippen LogP contribution in [0.25, 0.3) is 0 Å². The lowest BCUT2D eigenvalue weighted by molar-refractivity contribution is -0.135. The summed E-state index contributed by atoms with van der Waals surface area (Å²) in [7, 11) is -1.84. The van der Waals surface area contributed by atoms with Crippen molar-refractivity contribution < 1.29 is 9.22 Å². The van der Waals surface area contributed by atoms with Crippen molar-refractivity contribution in [2.45, 2.75) is 51.7 Å². The van der Waals surface area contributed by atoms with Gasteiger partial charge in [-0.2, -0.15) is 5.26 Å². The van der Waals surface area contributed by atoms with Crippen LogP contribution in [0.3, 0.4) is 0 Å². The molecule has 0 spiro atoms. The van der Waals surface area contributed by atoms with E-state index >= 15 is 0 Å². The van der Waals surface area contributed by atoms with Gasteiger partial charge in [-0.3, -0.25) is 4.79 Å². The molecular formula is C10H19NO2Si. The average molecular weight is 213 g/mol. The van der Waals surface area contributed by atoms with E-state index in [9.17, 15) is 4.79 Å². The fourth-order valence-corrected chi connectivity index (χ4v) is 3.06. The van der Waals surface area contributed by atoms with Crippen LogP contribution in [-0.4, -0.2) is 14.3 Å². The van der Waals surface area contributed by atoms with Crippen LogP contribution < -0.4 is 0 Å². The number of hydrogen-bond donors (Lipinski definition) is 0.